The van der Waals surface area contributed by atoms with Crippen molar-refractivity contribution in [3.63, 3.8) is 0 Å². The van der Waals surface area contributed by atoms with E-state index in [4.69, 9.17) is 0 Å². The number of likely N-dealkylation sites (tertiary alicyclic amines) is 1. The maximum absolute atomic E-state index is 12.7. The smallest absolute Gasteiger partial charge is 0.272 e. The molecule has 0 N–H and O–H groups in total. The van der Waals surface area contributed by atoms with E-state index in [1.807, 2.05) is 4.90 Å². The Balaban J connectivity index is 1.75. The number of hydrogen-bond acceptors (Lipinski definition) is 6. The molecule has 2 saturated heterocycles. The van der Waals surface area contributed by atoms with Crippen LogP contribution in [0.25, 0.3) is 0 Å². The molecule has 0 aromatic carbocycles. The maximum Gasteiger partial charge on any atom is 0.272 e. The van der Waals surface area contributed by atoms with E-state index in [0.29, 0.717) is 18.1 Å². The van der Waals surface area contributed by atoms with Crippen LogP contribution in [0.4, 0.5) is 5.95 Å². The number of hydrogen-bond donors (Lipinski definition) is 0. The first kappa shape index (κ1) is 17.1. The van der Waals surface area contributed by atoms with Gasteiger partial charge in [-0.05, 0) is 25.3 Å². The highest BCUT2D eigenvalue weighted by Crippen LogP contribution is 2.20. The topological polar surface area (TPSA) is 83.5 Å². The van der Waals surface area contributed by atoms with E-state index in [1.54, 1.807) is 24.2 Å². The fourth-order valence-corrected chi connectivity index (χ4v) is 5.09. The number of nitrogens with zero attached hydrogens (tertiary/aromatic N) is 4. The Labute approximate surface area is 143 Å². The van der Waals surface area contributed by atoms with Gasteiger partial charge in [-0.2, -0.15) is 0 Å². The van der Waals surface area contributed by atoms with Gasteiger partial charge < -0.3 is 9.80 Å². The molecule has 1 aromatic rings. The summed E-state index contributed by atoms with van der Waals surface area (Å²) in [7, 11) is -1.18. The molecule has 1 unspecified atom stereocenters. The van der Waals surface area contributed by atoms with E-state index in [9.17, 15) is 13.2 Å². The van der Waals surface area contributed by atoms with Crippen molar-refractivity contribution in [3.05, 3.63) is 18.0 Å². The molecule has 2 aliphatic rings. The summed E-state index contributed by atoms with van der Waals surface area (Å²) in [6, 6.07) is 1.51. The predicted octanol–water partition coefficient (Wildman–Crippen LogP) is 1.12. The largest absolute Gasteiger partial charge is 0.340 e. The Morgan fingerprint density at radius 1 is 1.25 bits per heavy atom. The van der Waals surface area contributed by atoms with Gasteiger partial charge in [0, 0.05) is 32.4 Å². The average Bonchev–Trinajstić information content (AvgIpc) is 2.79. The second-order valence-electron chi connectivity index (χ2n) is 6.62. The van der Waals surface area contributed by atoms with Crippen LogP contribution in [0.5, 0.6) is 0 Å². The van der Waals surface area contributed by atoms with Crippen LogP contribution in [0, 0.1) is 0 Å². The molecule has 0 aliphatic carbocycles. The minimum Gasteiger partial charge on any atom is -0.340 e. The second-order valence-corrected chi connectivity index (χ2v) is 8.84. The summed E-state index contributed by atoms with van der Waals surface area (Å²) in [6.45, 7) is 1.55. The Hall–Kier alpha value is -1.70. The van der Waals surface area contributed by atoms with E-state index in [1.165, 1.54) is 0 Å². The normalized spacial score (nSPS) is 23.7. The van der Waals surface area contributed by atoms with Gasteiger partial charge >= 0.3 is 0 Å². The molecule has 0 radical (unpaired) electrons. The molecule has 0 saturated carbocycles. The minimum absolute atomic E-state index is 0.0620. The molecule has 1 atom stereocenters. The molecule has 132 valence electrons. The lowest BCUT2D eigenvalue weighted by Gasteiger charge is -2.24. The first-order chi connectivity index (χ1) is 11.5. The summed E-state index contributed by atoms with van der Waals surface area (Å²) in [6.07, 6.45) is 6.54. The Morgan fingerprint density at radius 3 is 2.58 bits per heavy atom. The number of aromatic nitrogens is 2. The Morgan fingerprint density at radius 2 is 1.96 bits per heavy atom. The van der Waals surface area contributed by atoms with Crippen molar-refractivity contribution in [2.75, 3.05) is 36.5 Å². The molecule has 1 amide bonds. The standard InChI is InChI=1S/C16H24N4O3S/c1-19(13-7-11-24(22,23)12-13)16-17-8-6-14(18-16)15(21)20-9-4-2-3-5-10-20/h6,8,13H,2-5,7,9-12H2,1H3. The fourth-order valence-electron chi connectivity index (χ4n) is 3.32. The molecule has 0 spiro atoms. The molecule has 3 heterocycles. The highest BCUT2D eigenvalue weighted by molar-refractivity contribution is 7.91. The van der Waals surface area contributed by atoms with Gasteiger partial charge in [0.15, 0.2) is 9.84 Å². The van der Waals surface area contributed by atoms with Crippen LogP contribution in [-0.4, -0.2) is 66.9 Å². The van der Waals surface area contributed by atoms with Gasteiger partial charge in [-0.1, -0.05) is 12.8 Å². The molecular weight excluding hydrogens is 328 g/mol. The van der Waals surface area contributed by atoms with Crippen molar-refractivity contribution in [2.45, 2.75) is 38.1 Å². The van der Waals surface area contributed by atoms with E-state index >= 15 is 0 Å². The molecule has 2 fully saturated rings. The van der Waals surface area contributed by atoms with E-state index in [2.05, 4.69) is 9.97 Å². The lowest BCUT2D eigenvalue weighted by Crippen LogP contribution is -2.35. The van der Waals surface area contributed by atoms with Crippen molar-refractivity contribution < 1.29 is 13.2 Å². The second kappa shape index (κ2) is 7.04. The summed E-state index contributed by atoms with van der Waals surface area (Å²) >= 11 is 0. The zero-order chi connectivity index (χ0) is 17.2. The predicted molar refractivity (Wildman–Crippen MR) is 91.9 cm³/mol. The zero-order valence-electron chi connectivity index (χ0n) is 14.0. The first-order valence-corrected chi connectivity index (χ1v) is 10.3. The van der Waals surface area contributed by atoms with Crippen molar-refractivity contribution in [2.24, 2.45) is 0 Å². The molecule has 2 aliphatic heterocycles. The van der Waals surface area contributed by atoms with Crippen LogP contribution < -0.4 is 4.90 Å². The summed E-state index contributed by atoms with van der Waals surface area (Å²) in [5, 5.41) is 0. The third-order valence-electron chi connectivity index (χ3n) is 4.83. The highest BCUT2D eigenvalue weighted by atomic mass is 32.2. The molecule has 0 bridgehead atoms. The first-order valence-electron chi connectivity index (χ1n) is 8.52. The minimum atomic E-state index is -2.97. The maximum atomic E-state index is 12.7. The summed E-state index contributed by atoms with van der Waals surface area (Å²) < 4.78 is 23.3. The van der Waals surface area contributed by atoms with Crippen molar-refractivity contribution in [3.8, 4) is 0 Å². The number of anilines is 1. The van der Waals surface area contributed by atoms with E-state index in [-0.39, 0.29) is 23.5 Å². The number of carbonyl (C=O) groups excluding carboxylic acids is 1. The third-order valence-corrected chi connectivity index (χ3v) is 6.58. The van der Waals surface area contributed by atoms with Gasteiger partial charge in [0.1, 0.15) is 5.69 Å². The fraction of sp³-hybridized carbons (Fsp3) is 0.688. The van der Waals surface area contributed by atoms with Crippen LogP contribution in [-0.2, 0) is 9.84 Å². The SMILES string of the molecule is CN(c1nccc(C(=O)N2CCCCCC2)n1)C1CCS(=O)(=O)C1. The summed E-state index contributed by atoms with van der Waals surface area (Å²) in [5.41, 5.74) is 0.384. The Bertz CT molecular complexity index is 699. The van der Waals surface area contributed by atoms with Crippen LogP contribution in [0.3, 0.4) is 0 Å². The zero-order valence-corrected chi connectivity index (χ0v) is 14.8. The van der Waals surface area contributed by atoms with Gasteiger partial charge in [-0.25, -0.2) is 18.4 Å². The molecule has 3 rings (SSSR count). The van der Waals surface area contributed by atoms with Gasteiger partial charge in [-0.3, -0.25) is 4.79 Å². The van der Waals surface area contributed by atoms with Gasteiger partial charge in [0.05, 0.1) is 11.5 Å². The van der Waals surface area contributed by atoms with Gasteiger partial charge in [0.25, 0.3) is 5.91 Å². The van der Waals surface area contributed by atoms with Crippen LogP contribution in [0.2, 0.25) is 0 Å². The van der Waals surface area contributed by atoms with E-state index < -0.39 is 9.84 Å². The van der Waals surface area contributed by atoms with Crippen LogP contribution in [0.1, 0.15) is 42.6 Å². The highest BCUT2D eigenvalue weighted by Gasteiger charge is 2.32. The number of sulfone groups is 1. The quantitative estimate of drug-likeness (QED) is 0.810. The van der Waals surface area contributed by atoms with Crippen LogP contribution >= 0.6 is 0 Å². The lowest BCUT2D eigenvalue weighted by atomic mass is 10.2. The third kappa shape index (κ3) is 3.85. The lowest BCUT2D eigenvalue weighted by molar-refractivity contribution is 0.0755. The van der Waals surface area contributed by atoms with Gasteiger partial charge in [-0.15, -0.1) is 0 Å². The molecule has 7 nitrogen and oxygen atoms in total. The monoisotopic (exact) mass is 352 g/mol. The molecule has 8 heteroatoms. The van der Waals surface area contributed by atoms with Crippen molar-refractivity contribution in [1.82, 2.24) is 14.9 Å². The average molecular weight is 352 g/mol. The molecule has 1 aromatic heterocycles. The number of carbonyl (C=O) groups is 1. The van der Waals surface area contributed by atoms with Crippen LogP contribution in [0.15, 0.2) is 12.3 Å². The van der Waals surface area contributed by atoms with E-state index in [0.717, 1.165) is 38.8 Å². The van der Waals surface area contributed by atoms with Crippen molar-refractivity contribution in [1.29, 1.82) is 0 Å². The van der Waals surface area contributed by atoms with Crippen molar-refractivity contribution >= 4 is 21.7 Å². The summed E-state index contributed by atoms with van der Waals surface area (Å²) in [5.74, 6) is 0.678. The molecular formula is C16H24N4O3S. The Kier molecular flexibility index (Phi) is 5.03. The summed E-state index contributed by atoms with van der Waals surface area (Å²) in [4.78, 5) is 24.9. The number of amides is 1. The van der Waals surface area contributed by atoms with Gasteiger partial charge in [0.2, 0.25) is 5.95 Å². The molecule has 24 heavy (non-hydrogen) atoms. The number of rotatable bonds is 3.